The maximum Gasteiger partial charge on any atom is 0.270 e. The highest BCUT2D eigenvalue weighted by molar-refractivity contribution is 5.99. The van der Waals surface area contributed by atoms with Gasteiger partial charge in [0.15, 0.2) is 0 Å². The molecule has 0 radical (unpaired) electrons. The Labute approximate surface area is 139 Å². The summed E-state index contributed by atoms with van der Waals surface area (Å²) in [6.07, 6.45) is 2.64. The van der Waals surface area contributed by atoms with Crippen molar-refractivity contribution in [1.29, 1.82) is 0 Å². The van der Waals surface area contributed by atoms with E-state index in [4.69, 9.17) is 0 Å². The molecule has 0 aliphatic heterocycles. The first kappa shape index (κ1) is 18.9. The van der Waals surface area contributed by atoms with Crippen LogP contribution < -0.4 is 5.43 Å². The van der Waals surface area contributed by atoms with Crippen LogP contribution in [0.25, 0.3) is 0 Å². The number of aryl methyl sites for hydroxylation is 1. The van der Waals surface area contributed by atoms with Crippen LogP contribution in [-0.2, 0) is 4.79 Å². The van der Waals surface area contributed by atoms with Crippen molar-refractivity contribution in [3.63, 3.8) is 0 Å². The van der Waals surface area contributed by atoms with Gasteiger partial charge in [0, 0.05) is 11.1 Å². The van der Waals surface area contributed by atoms with E-state index in [1.165, 1.54) is 5.01 Å². The van der Waals surface area contributed by atoms with E-state index < -0.39 is 5.54 Å². The van der Waals surface area contributed by atoms with E-state index in [0.717, 1.165) is 17.5 Å². The topological polar surface area (TPSA) is 49.4 Å². The summed E-state index contributed by atoms with van der Waals surface area (Å²) in [6, 6.07) is 5.59. The van der Waals surface area contributed by atoms with Gasteiger partial charge in [0.1, 0.15) is 0 Å². The zero-order valence-electron chi connectivity index (χ0n) is 15.3. The fourth-order valence-corrected chi connectivity index (χ4v) is 2.25. The third kappa shape index (κ3) is 4.68. The predicted molar refractivity (Wildman–Crippen MR) is 94.0 cm³/mol. The number of hydrazine groups is 1. The van der Waals surface area contributed by atoms with Crippen LogP contribution in [0, 0.1) is 13.8 Å². The van der Waals surface area contributed by atoms with E-state index >= 15 is 0 Å². The fourth-order valence-electron chi connectivity index (χ4n) is 2.25. The number of nitrogens with one attached hydrogen (secondary N) is 1. The molecule has 0 aliphatic rings. The number of amides is 2. The summed E-state index contributed by atoms with van der Waals surface area (Å²) in [5.41, 5.74) is 5.45. The van der Waals surface area contributed by atoms with E-state index in [9.17, 15) is 9.59 Å². The van der Waals surface area contributed by atoms with Crippen LogP contribution in [0.2, 0.25) is 0 Å². The van der Waals surface area contributed by atoms with Crippen molar-refractivity contribution in [3.05, 3.63) is 46.5 Å². The Morgan fingerprint density at radius 3 is 2.35 bits per heavy atom. The Balaban J connectivity index is 3.12. The Bertz CT molecular complexity index is 625. The zero-order valence-corrected chi connectivity index (χ0v) is 15.3. The third-order valence-corrected chi connectivity index (χ3v) is 3.78. The summed E-state index contributed by atoms with van der Waals surface area (Å²) < 4.78 is 0. The lowest BCUT2D eigenvalue weighted by atomic mass is 10.0. The standard InChI is InChI=1S/C19H28N2O2/c1-8-10-14(3)18(23)21(19(5,6)7)20-17(22)16-12-9-11-13(2)15(16)4/h9-12H,8H2,1-7H3,(H,20,22)/b14-10+. The summed E-state index contributed by atoms with van der Waals surface area (Å²) in [5.74, 6) is -0.447. The van der Waals surface area contributed by atoms with Gasteiger partial charge in [-0.1, -0.05) is 25.1 Å². The van der Waals surface area contributed by atoms with E-state index in [1.54, 1.807) is 13.0 Å². The Morgan fingerprint density at radius 1 is 1.22 bits per heavy atom. The van der Waals surface area contributed by atoms with Crippen LogP contribution in [0.4, 0.5) is 0 Å². The Kier molecular flexibility index (Phi) is 6.13. The molecule has 4 nitrogen and oxygen atoms in total. The maximum absolute atomic E-state index is 12.6. The van der Waals surface area contributed by atoms with Gasteiger partial charge in [0.2, 0.25) is 0 Å². The van der Waals surface area contributed by atoms with Crippen molar-refractivity contribution in [3.8, 4) is 0 Å². The molecule has 1 aromatic carbocycles. The molecule has 1 aromatic rings. The molecule has 2 amide bonds. The molecule has 0 saturated heterocycles. The van der Waals surface area contributed by atoms with Gasteiger partial charge in [-0.25, -0.2) is 5.01 Å². The van der Waals surface area contributed by atoms with Gasteiger partial charge in [-0.05, 0) is 65.2 Å². The lowest BCUT2D eigenvalue weighted by Crippen LogP contribution is -2.56. The van der Waals surface area contributed by atoms with Gasteiger partial charge in [0.05, 0.1) is 5.54 Å². The largest absolute Gasteiger partial charge is 0.270 e. The molecule has 126 valence electrons. The minimum absolute atomic E-state index is 0.182. The summed E-state index contributed by atoms with van der Waals surface area (Å²) in [7, 11) is 0. The van der Waals surface area contributed by atoms with Crippen molar-refractivity contribution in [2.45, 2.75) is 60.4 Å². The van der Waals surface area contributed by atoms with Crippen molar-refractivity contribution >= 4 is 11.8 Å². The first-order chi connectivity index (χ1) is 10.6. The summed E-state index contributed by atoms with van der Waals surface area (Å²) in [5, 5.41) is 1.42. The van der Waals surface area contributed by atoms with Gasteiger partial charge in [-0.2, -0.15) is 0 Å². The van der Waals surface area contributed by atoms with Gasteiger partial charge in [0.25, 0.3) is 11.8 Å². The molecule has 0 bridgehead atoms. The summed E-state index contributed by atoms with van der Waals surface area (Å²) in [4.78, 5) is 25.3. The highest BCUT2D eigenvalue weighted by atomic mass is 16.2. The van der Waals surface area contributed by atoms with Gasteiger partial charge in [-0.3, -0.25) is 15.0 Å². The number of hydrogen-bond acceptors (Lipinski definition) is 2. The molecule has 0 heterocycles. The third-order valence-electron chi connectivity index (χ3n) is 3.78. The second-order valence-electron chi connectivity index (χ2n) is 6.80. The van der Waals surface area contributed by atoms with Gasteiger partial charge < -0.3 is 0 Å². The smallest absolute Gasteiger partial charge is 0.268 e. The maximum atomic E-state index is 12.6. The number of nitrogens with zero attached hydrogens (tertiary/aromatic N) is 1. The van der Waals surface area contributed by atoms with E-state index in [-0.39, 0.29) is 11.8 Å². The average molecular weight is 316 g/mol. The fraction of sp³-hybridized carbons (Fsp3) is 0.474. The molecule has 0 unspecified atom stereocenters. The minimum Gasteiger partial charge on any atom is -0.268 e. The second kappa shape index (κ2) is 7.44. The zero-order chi connectivity index (χ0) is 17.8. The van der Waals surface area contributed by atoms with Crippen molar-refractivity contribution in [2.24, 2.45) is 0 Å². The van der Waals surface area contributed by atoms with Crippen LogP contribution in [0.15, 0.2) is 29.8 Å². The predicted octanol–water partition coefficient (Wildman–Crippen LogP) is 3.93. The molecular formula is C19H28N2O2. The van der Waals surface area contributed by atoms with Crippen LogP contribution in [0.1, 0.15) is 62.5 Å². The number of allylic oxidation sites excluding steroid dienone is 1. The van der Waals surface area contributed by atoms with Crippen molar-refractivity contribution in [2.75, 3.05) is 0 Å². The highest BCUT2D eigenvalue weighted by Gasteiger charge is 2.29. The molecule has 0 saturated carbocycles. The number of rotatable bonds is 3. The summed E-state index contributed by atoms with van der Waals surface area (Å²) in [6.45, 7) is 13.3. The van der Waals surface area contributed by atoms with Crippen LogP contribution in [0.5, 0.6) is 0 Å². The monoisotopic (exact) mass is 316 g/mol. The van der Waals surface area contributed by atoms with E-state index in [1.807, 2.05) is 59.8 Å². The number of carbonyl (C=O) groups excluding carboxylic acids is 2. The Hall–Kier alpha value is -2.10. The number of benzene rings is 1. The van der Waals surface area contributed by atoms with E-state index in [0.29, 0.717) is 11.1 Å². The molecule has 23 heavy (non-hydrogen) atoms. The SMILES string of the molecule is CC/C=C(\C)C(=O)N(NC(=O)c1cccc(C)c1C)C(C)(C)C. The Morgan fingerprint density at radius 2 is 1.83 bits per heavy atom. The first-order valence-electron chi connectivity index (χ1n) is 7.98. The molecule has 0 fully saturated rings. The number of carbonyl (C=O) groups is 2. The molecule has 1 rings (SSSR count). The van der Waals surface area contributed by atoms with Gasteiger partial charge >= 0.3 is 0 Å². The minimum atomic E-state index is -0.521. The van der Waals surface area contributed by atoms with E-state index in [2.05, 4.69) is 5.43 Å². The molecular weight excluding hydrogens is 288 g/mol. The second-order valence-corrected chi connectivity index (χ2v) is 6.80. The molecule has 0 aliphatic carbocycles. The normalized spacial score (nSPS) is 12.0. The molecule has 4 heteroatoms. The van der Waals surface area contributed by atoms with Crippen LogP contribution >= 0.6 is 0 Å². The number of hydrogen-bond donors (Lipinski definition) is 1. The molecule has 0 aromatic heterocycles. The lowest BCUT2D eigenvalue weighted by Gasteiger charge is -2.36. The first-order valence-corrected chi connectivity index (χ1v) is 7.98. The molecule has 0 spiro atoms. The highest BCUT2D eigenvalue weighted by Crippen LogP contribution is 2.17. The summed E-state index contributed by atoms with van der Waals surface area (Å²) >= 11 is 0. The molecule has 0 atom stereocenters. The van der Waals surface area contributed by atoms with Crippen LogP contribution in [0.3, 0.4) is 0 Å². The lowest BCUT2D eigenvalue weighted by molar-refractivity contribution is -0.135. The average Bonchev–Trinajstić information content (AvgIpc) is 2.45. The quantitative estimate of drug-likeness (QED) is 0.678. The van der Waals surface area contributed by atoms with Crippen LogP contribution in [-0.4, -0.2) is 22.4 Å². The van der Waals surface area contributed by atoms with Crippen molar-refractivity contribution in [1.82, 2.24) is 10.4 Å². The van der Waals surface area contributed by atoms with Crippen molar-refractivity contribution < 1.29 is 9.59 Å². The molecule has 1 N–H and O–H groups in total. The van der Waals surface area contributed by atoms with Gasteiger partial charge in [-0.15, -0.1) is 0 Å².